The smallest absolute Gasteiger partial charge is 0.337 e. The second-order valence-corrected chi connectivity index (χ2v) is 6.11. The lowest BCUT2D eigenvalue weighted by atomic mass is 10.2. The van der Waals surface area contributed by atoms with Gasteiger partial charge in [0.25, 0.3) is 15.7 Å². The summed E-state index contributed by atoms with van der Waals surface area (Å²) in [5.41, 5.74) is 0.110. The lowest BCUT2D eigenvalue weighted by Gasteiger charge is -2.09. The number of carbonyl (C=O) groups excluding carboxylic acids is 1. The Morgan fingerprint density at radius 3 is 2.39 bits per heavy atom. The number of hydrogen-bond donors (Lipinski definition) is 1. The van der Waals surface area contributed by atoms with Gasteiger partial charge < -0.3 is 4.74 Å². The first kappa shape index (κ1) is 16.4. The van der Waals surface area contributed by atoms with Crippen LogP contribution in [0.2, 0.25) is 0 Å². The molecule has 0 saturated carbocycles. The predicted molar refractivity (Wildman–Crippen MR) is 81.7 cm³/mol. The van der Waals surface area contributed by atoms with E-state index in [1.54, 1.807) is 0 Å². The van der Waals surface area contributed by atoms with Crippen molar-refractivity contribution in [3.63, 3.8) is 0 Å². The van der Waals surface area contributed by atoms with Crippen molar-refractivity contribution >= 4 is 27.4 Å². The molecule has 0 saturated heterocycles. The molecule has 23 heavy (non-hydrogen) atoms. The van der Waals surface area contributed by atoms with E-state index in [1.807, 2.05) is 0 Å². The predicted octanol–water partition coefficient (Wildman–Crippen LogP) is 2.18. The van der Waals surface area contributed by atoms with E-state index in [9.17, 15) is 23.3 Å². The Morgan fingerprint density at radius 2 is 1.83 bits per heavy atom. The van der Waals surface area contributed by atoms with Crippen molar-refractivity contribution in [3.8, 4) is 0 Å². The Bertz CT molecular complexity index is 846. The first-order chi connectivity index (χ1) is 10.8. The molecule has 120 valence electrons. The summed E-state index contributed by atoms with van der Waals surface area (Å²) in [6.07, 6.45) is 0. The van der Waals surface area contributed by atoms with Crippen molar-refractivity contribution in [2.75, 3.05) is 11.8 Å². The van der Waals surface area contributed by atoms with Gasteiger partial charge in [-0.3, -0.25) is 14.8 Å². The number of methoxy groups -OCH3 is 1. The molecule has 0 aliphatic carbocycles. The maximum absolute atomic E-state index is 12.3. The third kappa shape index (κ3) is 3.83. The van der Waals surface area contributed by atoms with E-state index in [1.165, 1.54) is 55.6 Å². The monoisotopic (exact) mass is 336 g/mol. The average molecular weight is 336 g/mol. The van der Waals surface area contributed by atoms with Crippen LogP contribution >= 0.6 is 0 Å². The fourth-order valence-corrected chi connectivity index (χ4v) is 2.88. The highest BCUT2D eigenvalue weighted by atomic mass is 32.2. The number of esters is 1. The Kier molecular flexibility index (Phi) is 4.60. The van der Waals surface area contributed by atoms with Gasteiger partial charge in [-0.1, -0.05) is 6.07 Å². The fraction of sp³-hybridized carbons (Fsp3) is 0.0714. The van der Waals surface area contributed by atoms with Crippen LogP contribution in [-0.4, -0.2) is 26.4 Å². The number of nitro groups is 1. The van der Waals surface area contributed by atoms with Gasteiger partial charge in [-0.15, -0.1) is 0 Å². The summed E-state index contributed by atoms with van der Waals surface area (Å²) < 4.78 is 31.4. The van der Waals surface area contributed by atoms with Gasteiger partial charge in [-0.05, 0) is 30.3 Å². The normalized spacial score (nSPS) is 10.8. The summed E-state index contributed by atoms with van der Waals surface area (Å²) >= 11 is 0. The van der Waals surface area contributed by atoms with Crippen LogP contribution in [-0.2, 0) is 14.8 Å². The Hall–Kier alpha value is -2.94. The first-order valence-electron chi connectivity index (χ1n) is 6.29. The van der Waals surface area contributed by atoms with Crippen LogP contribution in [0.25, 0.3) is 0 Å². The average Bonchev–Trinajstić information content (AvgIpc) is 2.54. The molecule has 0 aliphatic heterocycles. The van der Waals surface area contributed by atoms with Crippen LogP contribution in [0.3, 0.4) is 0 Å². The highest BCUT2D eigenvalue weighted by Gasteiger charge is 2.17. The number of carbonyl (C=O) groups is 1. The molecule has 0 spiro atoms. The summed E-state index contributed by atoms with van der Waals surface area (Å²) in [6.45, 7) is 0. The zero-order chi connectivity index (χ0) is 17.0. The molecular weight excluding hydrogens is 324 g/mol. The van der Waals surface area contributed by atoms with E-state index >= 15 is 0 Å². The van der Waals surface area contributed by atoms with Crippen LogP contribution in [0.4, 0.5) is 11.4 Å². The summed E-state index contributed by atoms with van der Waals surface area (Å²) in [5.74, 6) is -0.655. The molecule has 8 nitrogen and oxygen atoms in total. The van der Waals surface area contributed by atoms with Crippen LogP contribution in [0.5, 0.6) is 0 Å². The minimum Gasteiger partial charge on any atom is -0.465 e. The minimum atomic E-state index is -3.94. The molecule has 0 aliphatic rings. The van der Waals surface area contributed by atoms with Crippen LogP contribution < -0.4 is 4.72 Å². The largest absolute Gasteiger partial charge is 0.465 e. The molecule has 1 N–H and O–H groups in total. The number of non-ortho nitro benzene ring substituents is 1. The number of ether oxygens (including phenoxy) is 1. The lowest BCUT2D eigenvalue weighted by Crippen LogP contribution is -2.14. The molecule has 0 unspecified atom stereocenters. The molecule has 0 aromatic heterocycles. The topological polar surface area (TPSA) is 116 Å². The molecule has 0 bridgehead atoms. The summed E-state index contributed by atoms with van der Waals surface area (Å²) in [5, 5.41) is 10.6. The standard InChI is InChI=1S/C14H12N2O6S/c1-22-14(17)10-3-2-4-13(9-10)23(20,21)15-11-5-7-12(8-6-11)16(18)19/h2-9,15H,1H3. The van der Waals surface area contributed by atoms with E-state index < -0.39 is 20.9 Å². The SMILES string of the molecule is COC(=O)c1cccc(S(=O)(=O)Nc2ccc([N+](=O)[O-])cc2)c1. The molecule has 2 aromatic rings. The van der Waals surface area contributed by atoms with E-state index in [2.05, 4.69) is 9.46 Å². The third-order valence-corrected chi connectivity index (χ3v) is 4.27. The summed E-state index contributed by atoms with van der Waals surface area (Å²) in [6, 6.07) is 10.3. The van der Waals surface area contributed by atoms with Crippen molar-refractivity contribution < 1.29 is 22.9 Å². The third-order valence-electron chi connectivity index (χ3n) is 2.90. The van der Waals surface area contributed by atoms with Crippen LogP contribution in [0, 0.1) is 10.1 Å². The number of nitrogens with zero attached hydrogens (tertiary/aromatic N) is 1. The summed E-state index contributed by atoms with van der Waals surface area (Å²) in [7, 11) is -2.75. The highest BCUT2D eigenvalue weighted by Crippen LogP contribution is 2.20. The molecule has 2 rings (SSSR count). The van der Waals surface area contributed by atoms with E-state index in [0.717, 1.165) is 0 Å². The minimum absolute atomic E-state index is 0.0964. The zero-order valence-corrected chi connectivity index (χ0v) is 12.7. The second-order valence-electron chi connectivity index (χ2n) is 4.43. The van der Waals surface area contributed by atoms with Crippen molar-refractivity contribution in [2.45, 2.75) is 4.90 Å². The quantitative estimate of drug-likeness (QED) is 0.508. The molecule has 9 heteroatoms. The molecule has 0 fully saturated rings. The van der Waals surface area contributed by atoms with Gasteiger partial charge in [0.15, 0.2) is 0 Å². The van der Waals surface area contributed by atoms with Gasteiger partial charge in [0.1, 0.15) is 0 Å². The molecule has 2 aromatic carbocycles. The van der Waals surface area contributed by atoms with E-state index in [4.69, 9.17) is 0 Å². The van der Waals surface area contributed by atoms with Crippen LogP contribution in [0.1, 0.15) is 10.4 Å². The van der Waals surface area contributed by atoms with Crippen LogP contribution in [0.15, 0.2) is 53.4 Å². The first-order valence-corrected chi connectivity index (χ1v) is 7.77. The Labute approximate surface area is 131 Å². The number of anilines is 1. The van der Waals surface area contributed by atoms with Gasteiger partial charge in [0.2, 0.25) is 0 Å². The van der Waals surface area contributed by atoms with Gasteiger partial charge >= 0.3 is 5.97 Å². The van der Waals surface area contributed by atoms with Crippen molar-refractivity contribution in [1.29, 1.82) is 0 Å². The second kappa shape index (κ2) is 6.44. The molecule has 0 radical (unpaired) electrons. The van der Waals surface area contributed by atoms with E-state index in [0.29, 0.717) is 0 Å². The maximum atomic E-state index is 12.3. The number of nitrogens with one attached hydrogen (secondary N) is 1. The van der Waals surface area contributed by atoms with Gasteiger partial charge in [-0.25, -0.2) is 13.2 Å². The number of rotatable bonds is 5. The van der Waals surface area contributed by atoms with Gasteiger partial charge in [0, 0.05) is 17.8 Å². The highest BCUT2D eigenvalue weighted by molar-refractivity contribution is 7.92. The van der Waals surface area contributed by atoms with Gasteiger partial charge in [0.05, 0.1) is 22.5 Å². The Balaban J connectivity index is 2.28. The number of hydrogen-bond acceptors (Lipinski definition) is 6. The van der Waals surface area contributed by atoms with Crippen molar-refractivity contribution in [2.24, 2.45) is 0 Å². The molecule has 0 amide bonds. The number of nitro benzene ring substituents is 1. The number of sulfonamides is 1. The molecular formula is C14H12N2O6S. The molecule has 0 heterocycles. The lowest BCUT2D eigenvalue weighted by molar-refractivity contribution is -0.384. The van der Waals surface area contributed by atoms with Crippen molar-refractivity contribution in [1.82, 2.24) is 0 Å². The summed E-state index contributed by atoms with van der Waals surface area (Å²) in [4.78, 5) is 21.3. The maximum Gasteiger partial charge on any atom is 0.337 e. The Morgan fingerprint density at radius 1 is 1.17 bits per heavy atom. The number of benzene rings is 2. The molecule has 0 atom stereocenters. The zero-order valence-electron chi connectivity index (χ0n) is 11.9. The fourth-order valence-electron chi connectivity index (χ4n) is 1.77. The van der Waals surface area contributed by atoms with E-state index in [-0.39, 0.29) is 21.8 Å². The van der Waals surface area contributed by atoms with Gasteiger partial charge in [-0.2, -0.15) is 0 Å². The van der Waals surface area contributed by atoms with Crippen molar-refractivity contribution in [3.05, 3.63) is 64.2 Å².